The summed E-state index contributed by atoms with van der Waals surface area (Å²) < 4.78 is 16.9. The number of hydrogen-bond donors (Lipinski definition) is 2. The lowest BCUT2D eigenvalue weighted by molar-refractivity contribution is -0.119. The van der Waals surface area contributed by atoms with Crippen LogP contribution in [0.1, 0.15) is 41.3 Å². The second-order valence-electron chi connectivity index (χ2n) is 7.22. The SMILES string of the molecule is COc1cc(CNC(=O)c2ccc(CNC(C)=O)cc2)ccc1OCC1CCCO1. The molecule has 1 atom stereocenters. The molecule has 0 aliphatic carbocycles. The van der Waals surface area contributed by atoms with Gasteiger partial charge in [-0.15, -0.1) is 0 Å². The number of nitrogens with one attached hydrogen (secondary N) is 2. The average Bonchev–Trinajstić information content (AvgIpc) is 3.28. The lowest BCUT2D eigenvalue weighted by Gasteiger charge is -2.15. The zero-order chi connectivity index (χ0) is 21.3. The third-order valence-corrected chi connectivity index (χ3v) is 4.89. The summed E-state index contributed by atoms with van der Waals surface area (Å²) >= 11 is 0. The van der Waals surface area contributed by atoms with E-state index >= 15 is 0 Å². The number of benzene rings is 2. The lowest BCUT2D eigenvalue weighted by atomic mass is 10.1. The molecular formula is C23H28N2O5. The molecule has 1 heterocycles. The third-order valence-electron chi connectivity index (χ3n) is 4.89. The maximum atomic E-state index is 12.4. The Kier molecular flexibility index (Phi) is 7.68. The Balaban J connectivity index is 1.52. The molecular weight excluding hydrogens is 384 g/mol. The van der Waals surface area contributed by atoms with E-state index in [1.165, 1.54) is 6.92 Å². The van der Waals surface area contributed by atoms with Crippen molar-refractivity contribution in [3.05, 3.63) is 59.2 Å². The second kappa shape index (κ2) is 10.6. The molecule has 1 aliphatic rings. The predicted molar refractivity (Wildman–Crippen MR) is 113 cm³/mol. The summed E-state index contributed by atoms with van der Waals surface area (Å²) in [6.45, 7) is 3.58. The molecule has 7 heteroatoms. The molecule has 0 spiro atoms. The first-order valence-electron chi connectivity index (χ1n) is 10.1. The van der Waals surface area contributed by atoms with Gasteiger partial charge in [0.25, 0.3) is 5.91 Å². The summed E-state index contributed by atoms with van der Waals surface area (Å²) in [6.07, 6.45) is 2.22. The molecule has 1 unspecified atom stereocenters. The summed E-state index contributed by atoms with van der Waals surface area (Å²) in [5.41, 5.74) is 2.40. The monoisotopic (exact) mass is 412 g/mol. The molecule has 0 radical (unpaired) electrons. The zero-order valence-corrected chi connectivity index (χ0v) is 17.4. The summed E-state index contributed by atoms with van der Waals surface area (Å²) in [4.78, 5) is 23.4. The molecule has 1 saturated heterocycles. The van der Waals surface area contributed by atoms with Crippen molar-refractivity contribution >= 4 is 11.8 Å². The van der Waals surface area contributed by atoms with Gasteiger partial charge < -0.3 is 24.8 Å². The Bertz CT molecular complexity index is 860. The van der Waals surface area contributed by atoms with Gasteiger partial charge in [0.1, 0.15) is 6.61 Å². The van der Waals surface area contributed by atoms with Crippen molar-refractivity contribution in [1.29, 1.82) is 0 Å². The molecule has 1 aliphatic heterocycles. The lowest BCUT2D eigenvalue weighted by Crippen LogP contribution is -2.23. The molecule has 2 N–H and O–H groups in total. The quantitative estimate of drug-likeness (QED) is 0.662. The maximum absolute atomic E-state index is 12.4. The summed E-state index contributed by atoms with van der Waals surface area (Å²) in [5, 5.41) is 5.64. The first kappa shape index (κ1) is 21.6. The first-order valence-corrected chi connectivity index (χ1v) is 10.1. The van der Waals surface area contributed by atoms with E-state index in [4.69, 9.17) is 14.2 Å². The number of amides is 2. The standard InChI is InChI=1S/C23H28N2O5/c1-16(26)24-13-17-5-8-19(9-6-17)23(27)25-14-18-7-10-21(22(12-18)28-2)30-15-20-4-3-11-29-20/h5-10,12,20H,3-4,11,13-15H2,1-2H3,(H,24,26)(H,25,27). The largest absolute Gasteiger partial charge is 0.493 e. The second-order valence-corrected chi connectivity index (χ2v) is 7.22. The van der Waals surface area contributed by atoms with Gasteiger partial charge in [0, 0.05) is 32.2 Å². The Morgan fingerprint density at radius 1 is 1.03 bits per heavy atom. The van der Waals surface area contributed by atoms with E-state index in [1.54, 1.807) is 19.2 Å². The van der Waals surface area contributed by atoms with Crippen molar-refractivity contribution in [3.63, 3.8) is 0 Å². The van der Waals surface area contributed by atoms with Crippen molar-refractivity contribution in [2.24, 2.45) is 0 Å². The molecule has 0 saturated carbocycles. The van der Waals surface area contributed by atoms with Crippen LogP contribution in [0.5, 0.6) is 11.5 Å². The predicted octanol–water partition coefficient (Wildman–Crippen LogP) is 2.82. The topological polar surface area (TPSA) is 85.9 Å². The van der Waals surface area contributed by atoms with Gasteiger partial charge in [0.15, 0.2) is 11.5 Å². The van der Waals surface area contributed by atoms with Crippen LogP contribution in [0.15, 0.2) is 42.5 Å². The first-order chi connectivity index (χ1) is 14.5. The van der Waals surface area contributed by atoms with Crippen molar-refractivity contribution < 1.29 is 23.8 Å². The van der Waals surface area contributed by atoms with Gasteiger partial charge in [-0.25, -0.2) is 0 Å². The van der Waals surface area contributed by atoms with Gasteiger partial charge in [-0.2, -0.15) is 0 Å². The van der Waals surface area contributed by atoms with E-state index in [9.17, 15) is 9.59 Å². The highest BCUT2D eigenvalue weighted by atomic mass is 16.5. The Morgan fingerprint density at radius 2 is 1.77 bits per heavy atom. The summed E-state index contributed by atoms with van der Waals surface area (Å²) in [7, 11) is 1.60. The fourth-order valence-corrected chi connectivity index (χ4v) is 3.18. The van der Waals surface area contributed by atoms with Crippen LogP contribution < -0.4 is 20.1 Å². The van der Waals surface area contributed by atoms with Gasteiger partial charge in [-0.1, -0.05) is 18.2 Å². The number of methoxy groups -OCH3 is 1. The maximum Gasteiger partial charge on any atom is 0.251 e. The third kappa shape index (κ3) is 6.22. The van der Waals surface area contributed by atoms with Crippen LogP contribution in [0.4, 0.5) is 0 Å². The smallest absolute Gasteiger partial charge is 0.251 e. The van der Waals surface area contributed by atoms with Crippen LogP contribution in [0.3, 0.4) is 0 Å². The number of rotatable bonds is 9. The van der Waals surface area contributed by atoms with E-state index in [1.807, 2.05) is 30.3 Å². The van der Waals surface area contributed by atoms with E-state index in [0.29, 0.717) is 36.8 Å². The fourth-order valence-electron chi connectivity index (χ4n) is 3.18. The van der Waals surface area contributed by atoms with E-state index < -0.39 is 0 Å². The van der Waals surface area contributed by atoms with Gasteiger partial charge in [-0.05, 0) is 48.2 Å². The van der Waals surface area contributed by atoms with E-state index in [0.717, 1.165) is 30.6 Å². The number of ether oxygens (including phenoxy) is 3. The van der Waals surface area contributed by atoms with Crippen LogP contribution in [0.25, 0.3) is 0 Å². The molecule has 2 aromatic carbocycles. The molecule has 0 bridgehead atoms. The van der Waals surface area contributed by atoms with E-state index in [-0.39, 0.29) is 17.9 Å². The minimum absolute atomic E-state index is 0.0875. The summed E-state index contributed by atoms with van der Waals surface area (Å²) in [6, 6.07) is 12.8. The van der Waals surface area contributed by atoms with Gasteiger partial charge >= 0.3 is 0 Å². The number of carbonyl (C=O) groups excluding carboxylic acids is 2. The van der Waals surface area contributed by atoms with Crippen molar-refractivity contribution in [2.75, 3.05) is 20.3 Å². The molecule has 0 aromatic heterocycles. The molecule has 30 heavy (non-hydrogen) atoms. The van der Waals surface area contributed by atoms with E-state index in [2.05, 4.69) is 10.6 Å². The fraction of sp³-hybridized carbons (Fsp3) is 0.391. The normalized spacial score (nSPS) is 15.5. The molecule has 3 rings (SSSR count). The highest BCUT2D eigenvalue weighted by molar-refractivity contribution is 5.94. The van der Waals surface area contributed by atoms with Crippen LogP contribution in [0, 0.1) is 0 Å². The minimum atomic E-state index is -0.168. The van der Waals surface area contributed by atoms with Crippen molar-refractivity contribution in [2.45, 2.75) is 39.0 Å². The van der Waals surface area contributed by atoms with Gasteiger partial charge in [0.2, 0.25) is 5.91 Å². The van der Waals surface area contributed by atoms with Gasteiger partial charge in [0.05, 0.1) is 13.2 Å². The molecule has 160 valence electrons. The highest BCUT2D eigenvalue weighted by Gasteiger charge is 2.17. The van der Waals surface area contributed by atoms with Crippen molar-refractivity contribution in [3.8, 4) is 11.5 Å². The average molecular weight is 412 g/mol. The van der Waals surface area contributed by atoms with Crippen molar-refractivity contribution in [1.82, 2.24) is 10.6 Å². The Labute approximate surface area is 176 Å². The minimum Gasteiger partial charge on any atom is -0.493 e. The molecule has 1 fully saturated rings. The summed E-state index contributed by atoms with van der Waals surface area (Å²) in [5.74, 6) is 1.04. The molecule has 2 aromatic rings. The Hall–Kier alpha value is -3.06. The number of carbonyl (C=O) groups is 2. The van der Waals surface area contributed by atoms with Crippen LogP contribution in [-0.2, 0) is 22.6 Å². The Morgan fingerprint density at radius 3 is 2.43 bits per heavy atom. The zero-order valence-electron chi connectivity index (χ0n) is 17.4. The van der Waals surface area contributed by atoms with Crippen LogP contribution in [0.2, 0.25) is 0 Å². The van der Waals surface area contributed by atoms with Gasteiger partial charge in [-0.3, -0.25) is 9.59 Å². The molecule has 2 amide bonds. The molecule has 7 nitrogen and oxygen atoms in total. The number of hydrogen-bond acceptors (Lipinski definition) is 5. The van der Waals surface area contributed by atoms with Crippen LogP contribution in [-0.4, -0.2) is 38.2 Å². The van der Waals surface area contributed by atoms with Crippen LogP contribution >= 0.6 is 0 Å². The highest BCUT2D eigenvalue weighted by Crippen LogP contribution is 2.29.